The van der Waals surface area contributed by atoms with Crippen molar-refractivity contribution in [2.24, 2.45) is 5.10 Å². The number of nitrogens with one attached hydrogen (secondary N) is 2. The molecule has 0 bridgehead atoms. The van der Waals surface area contributed by atoms with E-state index in [-0.39, 0.29) is 5.92 Å². The lowest BCUT2D eigenvalue weighted by atomic mass is 10.0. The molecular formula is C18H18ClN3O2. The average molecular weight is 344 g/mol. The Kier molecular flexibility index (Phi) is 6.09. The summed E-state index contributed by atoms with van der Waals surface area (Å²) in [7, 11) is 0. The highest BCUT2D eigenvalue weighted by Crippen LogP contribution is 2.22. The molecule has 2 rings (SSSR count). The van der Waals surface area contributed by atoms with Crippen LogP contribution in [0, 0.1) is 6.92 Å². The van der Waals surface area contributed by atoms with E-state index in [9.17, 15) is 9.59 Å². The number of hydrogen-bond acceptors (Lipinski definition) is 3. The van der Waals surface area contributed by atoms with Gasteiger partial charge in [0.25, 0.3) is 0 Å². The summed E-state index contributed by atoms with van der Waals surface area (Å²) in [5.41, 5.74) is 4.47. The number of carbonyl (C=O) groups excluding carboxylic acids is 2. The fraction of sp³-hybridized carbons (Fsp3) is 0.167. The average Bonchev–Trinajstić information content (AvgIpc) is 2.59. The van der Waals surface area contributed by atoms with Crippen LogP contribution in [-0.2, 0) is 9.59 Å². The maximum atomic E-state index is 11.9. The molecule has 2 aromatic rings. The van der Waals surface area contributed by atoms with Gasteiger partial charge < -0.3 is 5.32 Å². The van der Waals surface area contributed by atoms with E-state index in [0.717, 1.165) is 5.56 Å². The quantitative estimate of drug-likeness (QED) is 0.507. The van der Waals surface area contributed by atoms with E-state index in [4.69, 9.17) is 11.6 Å². The monoisotopic (exact) mass is 343 g/mol. The van der Waals surface area contributed by atoms with Crippen LogP contribution < -0.4 is 10.7 Å². The van der Waals surface area contributed by atoms with E-state index in [1.807, 2.05) is 37.3 Å². The summed E-state index contributed by atoms with van der Waals surface area (Å²) in [6, 6.07) is 14.8. The fourth-order valence-electron chi connectivity index (χ4n) is 2.02. The molecule has 2 amide bonds. The highest BCUT2D eigenvalue weighted by atomic mass is 35.5. The lowest BCUT2D eigenvalue weighted by Gasteiger charge is -2.08. The van der Waals surface area contributed by atoms with E-state index < -0.39 is 11.8 Å². The molecule has 24 heavy (non-hydrogen) atoms. The molecule has 6 heteroatoms. The lowest BCUT2D eigenvalue weighted by Crippen LogP contribution is -2.32. The van der Waals surface area contributed by atoms with Crippen LogP contribution in [0.1, 0.15) is 24.0 Å². The molecular weight excluding hydrogens is 326 g/mol. The van der Waals surface area contributed by atoms with Crippen LogP contribution in [0.15, 0.2) is 53.6 Å². The predicted molar refractivity (Wildman–Crippen MR) is 96.3 cm³/mol. The zero-order chi connectivity index (χ0) is 17.5. The minimum absolute atomic E-state index is 0.0183. The number of hydrogen-bond donors (Lipinski definition) is 2. The van der Waals surface area contributed by atoms with Gasteiger partial charge >= 0.3 is 11.8 Å². The van der Waals surface area contributed by atoms with Crippen molar-refractivity contribution in [1.29, 1.82) is 0 Å². The third kappa shape index (κ3) is 4.67. The van der Waals surface area contributed by atoms with Crippen LogP contribution in [0.3, 0.4) is 0 Å². The standard InChI is InChI=1S/C18H18ClN3O2/c1-12(14-7-4-3-5-8-14)11-20-22-18(24)17(23)21-16-10-6-9-15(19)13(16)2/h3-12H,1-2H3,(H,21,23)(H,22,24)/b20-11+. The molecule has 0 fully saturated rings. The topological polar surface area (TPSA) is 70.6 Å². The molecule has 0 aromatic heterocycles. The predicted octanol–water partition coefficient (Wildman–Crippen LogP) is 3.49. The molecule has 5 nitrogen and oxygen atoms in total. The van der Waals surface area contributed by atoms with Gasteiger partial charge in [0.05, 0.1) is 0 Å². The van der Waals surface area contributed by atoms with E-state index in [1.54, 1.807) is 31.3 Å². The summed E-state index contributed by atoms with van der Waals surface area (Å²) in [6.07, 6.45) is 1.57. The summed E-state index contributed by atoms with van der Waals surface area (Å²) in [5, 5.41) is 6.87. The maximum absolute atomic E-state index is 11.9. The van der Waals surface area contributed by atoms with E-state index in [2.05, 4.69) is 15.8 Å². The van der Waals surface area contributed by atoms with Crippen molar-refractivity contribution in [1.82, 2.24) is 5.43 Å². The van der Waals surface area contributed by atoms with Crippen LogP contribution in [0.25, 0.3) is 0 Å². The molecule has 0 saturated carbocycles. The minimum atomic E-state index is -0.842. The number of amides is 2. The molecule has 2 aromatic carbocycles. The van der Waals surface area contributed by atoms with Crippen molar-refractivity contribution in [2.45, 2.75) is 19.8 Å². The van der Waals surface area contributed by atoms with E-state index >= 15 is 0 Å². The van der Waals surface area contributed by atoms with Crippen LogP contribution in [0.4, 0.5) is 5.69 Å². The third-order valence-corrected chi connectivity index (χ3v) is 3.92. The van der Waals surface area contributed by atoms with E-state index in [1.165, 1.54) is 0 Å². The Balaban J connectivity index is 1.91. The van der Waals surface area contributed by atoms with Crippen molar-refractivity contribution in [3.63, 3.8) is 0 Å². The molecule has 0 spiro atoms. The molecule has 124 valence electrons. The highest BCUT2D eigenvalue weighted by molar-refractivity contribution is 6.40. The summed E-state index contributed by atoms with van der Waals surface area (Å²) < 4.78 is 0. The Morgan fingerprint density at radius 2 is 1.79 bits per heavy atom. The summed E-state index contributed by atoms with van der Waals surface area (Å²) in [4.78, 5) is 23.7. The molecule has 0 heterocycles. The number of anilines is 1. The molecule has 0 saturated heterocycles. The van der Waals surface area contributed by atoms with Gasteiger partial charge in [-0.15, -0.1) is 0 Å². The van der Waals surface area contributed by atoms with Crippen LogP contribution in [-0.4, -0.2) is 18.0 Å². The first-order valence-electron chi connectivity index (χ1n) is 7.43. The van der Waals surface area contributed by atoms with Crippen molar-refractivity contribution >= 4 is 35.3 Å². The van der Waals surface area contributed by atoms with Crippen molar-refractivity contribution < 1.29 is 9.59 Å². The first kappa shape index (κ1) is 17.7. The number of rotatable bonds is 4. The molecule has 1 unspecified atom stereocenters. The second-order valence-electron chi connectivity index (χ2n) is 5.28. The summed E-state index contributed by atoms with van der Waals surface area (Å²) >= 11 is 5.98. The van der Waals surface area contributed by atoms with Crippen molar-refractivity contribution in [2.75, 3.05) is 5.32 Å². The van der Waals surface area contributed by atoms with Gasteiger partial charge in [0, 0.05) is 22.8 Å². The zero-order valence-corrected chi connectivity index (χ0v) is 14.2. The molecule has 0 aliphatic rings. The summed E-state index contributed by atoms with van der Waals surface area (Å²) in [5.74, 6) is -1.62. The van der Waals surface area contributed by atoms with Crippen LogP contribution >= 0.6 is 11.6 Å². The van der Waals surface area contributed by atoms with Gasteiger partial charge in [-0.3, -0.25) is 9.59 Å². The van der Waals surface area contributed by atoms with Crippen molar-refractivity contribution in [3.8, 4) is 0 Å². The fourth-order valence-corrected chi connectivity index (χ4v) is 2.20. The Morgan fingerprint density at radius 1 is 1.08 bits per heavy atom. The smallest absolute Gasteiger partial charge is 0.317 e. The number of hydrazone groups is 1. The second-order valence-corrected chi connectivity index (χ2v) is 5.69. The van der Waals surface area contributed by atoms with Crippen LogP contribution in [0.5, 0.6) is 0 Å². The SMILES string of the molecule is Cc1c(Cl)cccc1NC(=O)C(=O)N/N=C/C(C)c1ccccc1. The first-order chi connectivity index (χ1) is 11.5. The molecule has 0 aliphatic heterocycles. The van der Waals surface area contributed by atoms with Gasteiger partial charge in [0.1, 0.15) is 0 Å². The molecule has 0 aliphatic carbocycles. The highest BCUT2D eigenvalue weighted by Gasteiger charge is 2.14. The third-order valence-electron chi connectivity index (χ3n) is 3.51. The summed E-state index contributed by atoms with van der Waals surface area (Å²) in [6.45, 7) is 3.70. The Morgan fingerprint density at radius 3 is 2.50 bits per heavy atom. The Labute approximate surface area is 145 Å². The second kappa shape index (κ2) is 8.26. The normalized spacial score (nSPS) is 12.0. The molecule has 0 radical (unpaired) electrons. The van der Waals surface area contributed by atoms with Gasteiger partial charge in [-0.1, -0.05) is 54.9 Å². The van der Waals surface area contributed by atoms with Crippen molar-refractivity contribution in [3.05, 3.63) is 64.7 Å². The molecule has 1 atom stereocenters. The number of benzene rings is 2. The Hall–Kier alpha value is -2.66. The largest absolute Gasteiger partial charge is 0.329 e. The molecule has 2 N–H and O–H groups in total. The number of carbonyl (C=O) groups is 2. The Bertz CT molecular complexity index is 760. The number of halogens is 1. The van der Waals surface area contributed by atoms with Crippen LogP contribution in [0.2, 0.25) is 5.02 Å². The van der Waals surface area contributed by atoms with Gasteiger partial charge in [0.2, 0.25) is 0 Å². The van der Waals surface area contributed by atoms with Gasteiger partial charge in [-0.2, -0.15) is 5.10 Å². The minimum Gasteiger partial charge on any atom is -0.317 e. The van der Waals surface area contributed by atoms with Gasteiger partial charge in [0.15, 0.2) is 0 Å². The maximum Gasteiger partial charge on any atom is 0.329 e. The van der Waals surface area contributed by atoms with Gasteiger partial charge in [-0.05, 0) is 30.2 Å². The first-order valence-corrected chi connectivity index (χ1v) is 7.81. The lowest BCUT2D eigenvalue weighted by molar-refractivity contribution is -0.136. The number of nitrogens with zero attached hydrogens (tertiary/aromatic N) is 1. The zero-order valence-electron chi connectivity index (χ0n) is 13.4. The van der Waals surface area contributed by atoms with Gasteiger partial charge in [-0.25, -0.2) is 5.43 Å². The van der Waals surface area contributed by atoms with E-state index in [0.29, 0.717) is 16.3 Å².